The minimum absolute atomic E-state index is 0.146. The van der Waals surface area contributed by atoms with Gasteiger partial charge in [0, 0.05) is 49.3 Å². The fraction of sp³-hybridized carbons (Fsp3) is 0.250. The van der Waals surface area contributed by atoms with Gasteiger partial charge in [0.2, 0.25) is 0 Å². The third kappa shape index (κ3) is 6.29. The molecule has 1 aliphatic heterocycles. The Morgan fingerprint density at radius 1 is 1.00 bits per heavy atom. The van der Waals surface area contributed by atoms with Crippen LogP contribution in [-0.4, -0.2) is 42.1 Å². The molecule has 0 radical (unpaired) electrons. The van der Waals surface area contributed by atoms with Crippen molar-refractivity contribution in [2.45, 2.75) is 24.4 Å². The molecule has 7 nitrogen and oxygen atoms in total. The lowest BCUT2D eigenvalue weighted by Gasteiger charge is -2.37. The molecule has 2 aromatic carbocycles. The number of piperazine rings is 1. The predicted molar refractivity (Wildman–Crippen MR) is 143 cm³/mol. The largest absolute Gasteiger partial charge is 0.467 e. The Balaban J connectivity index is 1.19. The van der Waals surface area contributed by atoms with Crippen molar-refractivity contribution in [1.29, 1.82) is 0 Å². The second-order valence-corrected chi connectivity index (χ2v) is 9.77. The van der Waals surface area contributed by atoms with Gasteiger partial charge in [-0.25, -0.2) is 14.4 Å². The molecule has 0 aliphatic carbocycles. The number of benzene rings is 2. The molecule has 0 spiro atoms. The summed E-state index contributed by atoms with van der Waals surface area (Å²) >= 11 is 1.54. The standard InChI is InChI=1S/C28H28FN5O2S/c1-20-16-26(34-13-11-33(12-14-34)25-10-3-2-9-24(25)29)32-28(31-20)37-19-21-6-4-7-22(17-21)27(35)30-18-23-8-5-15-36-23/h2-10,15-17H,11-14,18-19H2,1H3,(H,30,35). The monoisotopic (exact) mass is 517 g/mol. The molecule has 1 aliphatic rings. The van der Waals surface area contributed by atoms with Crippen LogP contribution in [0.15, 0.2) is 82.6 Å². The third-order valence-corrected chi connectivity index (χ3v) is 7.10. The Bertz CT molecular complexity index is 1360. The topological polar surface area (TPSA) is 74.5 Å². The Labute approximate surface area is 219 Å². The number of nitrogens with zero attached hydrogens (tertiary/aromatic N) is 4. The Kier molecular flexibility index (Phi) is 7.70. The van der Waals surface area contributed by atoms with Gasteiger partial charge < -0.3 is 19.5 Å². The Morgan fingerprint density at radius 2 is 1.81 bits per heavy atom. The van der Waals surface area contributed by atoms with Gasteiger partial charge in [-0.05, 0) is 48.9 Å². The second-order valence-electron chi connectivity index (χ2n) is 8.83. The highest BCUT2D eigenvalue weighted by Crippen LogP contribution is 2.25. The minimum Gasteiger partial charge on any atom is -0.467 e. The van der Waals surface area contributed by atoms with E-state index in [2.05, 4.69) is 20.1 Å². The molecule has 37 heavy (non-hydrogen) atoms. The van der Waals surface area contributed by atoms with Crippen LogP contribution in [0, 0.1) is 12.7 Å². The number of nitrogens with one attached hydrogen (secondary N) is 1. The highest BCUT2D eigenvalue weighted by molar-refractivity contribution is 7.98. The molecule has 4 aromatic rings. The number of halogens is 1. The van der Waals surface area contributed by atoms with Gasteiger partial charge in [0.05, 0.1) is 18.5 Å². The highest BCUT2D eigenvalue weighted by Gasteiger charge is 2.21. The molecule has 0 unspecified atom stereocenters. The zero-order chi connectivity index (χ0) is 25.6. The van der Waals surface area contributed by atoms with E-state index in [1.54, 1.807) is 36.2 Å². The summed E-state index contributed by atoms with van der Waals surface area (Å²) in [6.07, 6.45) is 1.59. The molecule has 1 amide bonds. The fourth-order valence-electron chi connectivity index (χ4n) is 4.27. The molecule has 0 bridgehead atoms. The van der Waals surface area contributed by atoms with Crippen LogP contribution in [0.5, 0.6) is 0 Å². The molecule has 1 fully saturated rings. The van der Waals surface area contributed by atoms with Crippen molar-refractivity contribution < 1.29 is 13.6 Å². The number of anilines is 2. The first kappa shape index (κ1) is 24.8. The zero-order valence-electron chi connectivity index (χ0n) is 20.6. The maximum atomic E-state index is 14.2. The third-order valence-electron chi connectivity index (χ3n) is 6.18. The lowest BCUT2D eigenvalue weighted by atomic mass is 10.1. The second kappa shape index (κ2) is 11.5. The van der Waals surface area contributed by atoms with Gasteiger partial charge in [0.15, 0.2) is 5.16 Å². The van der Waals surface area contributed by atoms with E-state index >= 15 is 0 Å². The molecule has 3 heterocycles. The van der Waals surface area contributed by atoms with Gasteiger partial charge in [0.25, 0.3) is 5.91 Å². The van der Waals surface area contributed by atoms with Crippen LogP contribution in [0.1, 0.15) is 27.4 Å². The average Bonchev–Trinajstić information content (AvgIpc) is 3.45. The summed E-state index contributed by atoms with van der Waals surface area (Å²) in [6, 6.07) is 20.1. The van der Waals surface area contributed by atoms with Crippen molar-refractivity contribution in [2.75, 3.05) is 36.0 Å². The molecule has 5 rings (SSSR count). The van der Waals surface area contributed by atoms with Gasteiger partial charge >= 0.3 is 0 Å². The van der Waals surface area contributed by atoms with Crippen molar-refractivity contribution >= 4 is 29.2 Å². The Hall–Kier alpha value is -3.85. The fourth-order valence-corrected chi connectivity index (χ4v) is 5.11. The lowest BCUT2D eigenvalue weighted by molar-refractivity contribution is 0.0948. The van der Waals surface area contributed by atoms with E-state index in [1.807, 2.05) is 49.4 Å². The molecule has 1 saturated heterocycles. The van der Waals surface area contributed by atoms with Crippen molar-refractivity contribution in [1.82, 2.24) is 15.3 Å². The number of hydrogen-bond donors (Lipinski definition) is 1. The lowest BCUT2D eigenvalue weighted by Crippen LogP contribution is -2.47. The van der Waals surface area contributed by atoms with E-state index in [0.717, 1.165) is 43.3 Å². The Morgan fingerprint density at radius 3 is 2.59 bits per heavy atom. The number of aryl methyl sites for hydroxylation is 1. The van der Waals surface area contributed by atoms with Crippen molar-refractivity contribution in [3.8, 4) is 0 Å². The number of furan rings is 1. The molecule has 9 heteroatoms. The van der Waals surface area contributed by atoms with Crippen LogP contribution < -0.4 is 15.1 Å². The van der Waals surface area contributed by atoms with Crippen LogP contribution >= 0.6 is 11.8 Å². The first-order valence-electron chi connectivity index (χ1n) is 12.2. The van der Waals surface area contributed by atoms with Crippen molar-refractivity contribution in [2.24, 2.45) is 0 Å². The van der Waals surface area contributed by atoms with Crippen LogP contribution in [-0.2, 0) is 12.3 Å². The van der Waals surface area contributed by atoms with Crippen LogP contribution in [0.3, 0.4) is 0 Å². The molecule has 0 saturated carbocycles. The number of rotatable bonds is 8. The van der Waals surface area contributed by atoms with E-state index in [4.69, 9.17) is 9.40 Å². The van der Waals surface area contributed by atoms with Gasteiger partial charge in [0.1, 0.15) is 17.4 Å². The van der Waals surface area contributed by atoms with E-state index in [1.165, 1.54) is 6.07 Å². The summed E-state index contributed by atoms with van der Waals surface area (Å²) in [4.78, 5) is 26.3. The maximum Gasteiger partial charge on any atom is 0.251 e. The average molecular weight is 518 g/mol. The predicted octanol–water partition coefficient (Wildman–Crippen LogP) is 5.07. The number of hydrogen-bond acceptors (Lipinski definition) is 7. The van der Waals surface area contributed by atoms with Crippen LogP contribution in [0.4, 0.5) is 15.9 Å². The number of carbonyl (C=O) groups is 1. The minimum atomic E-state index is -0.188. The normalized spacial score (nSPS) is 13.6. The molecule has 0 atom stereocenters. The first-order chi connectivity index (χ1) is 18.0. The quantitative estimate of drug-likeness (QED) is 0.259. The SMILES string of the molecule is Cc1cc(N2CCN(c3ccccc3F)CC2)nc(SCc2cccc(C(=O)NCc3ccco3)c2)n1. The van der Waals surface area contributed by atoms with E-state index in [0.29, 0.717) is 34.5 Å². The van der Waals surface area contributed by atoms with Crippen molar-refractivity contribution in [3.05, 3.63) is 101 Å². The molecule has 1 N–H and O–H groups in total. The van der Waals surface area contributed by atoms with E-state index in [9.17, 15) is 9.18 Å². The van der Waals surface area contributed by atoms with Gasteiger partial charge in [-0.15, -0.1) is 0 Å². The zero-order valence-corrected chi connectivity index (χ0v) is 21.4. The van der Waals surface area contributed by atoms with Crippen LogP contribution in [0.2, 0.25) is 0 Å². The van der Waals surface area contributed by atoms with Gasteiger partial charge in [-0.2, -0.15) is 0 Å². The summed E-state index contributed by atoms with van der Waals surface area (Å²) < 4.78 is 19.5. The van der Waals surface area contributed by atoms with Crippen LogP contribution in [0.25, 0.3) is 0 Å². The summed E-state index contributed by atoms with van der Waals surface area (Å²) in [5, 5.41) is 3.57. The molecular formula is C28H28FN5O2S. The number of thioether (sulfide) groups is 1. The van der Waals surface area contributed by atoms with Gasteiger partial charge in [-0.1, -0.05) is 36.0 Å². The first-order valence-corrected chi connectivity index (χ1v) is 13.2. The summed E-state index contributed by atoms with van der Waals surface area (Å²) in [5.74, 6) is 1.90. The van der Waals surface area contributed by atoms with E-state index in [-0.39, 0.29) is 11.7 Å². The highest BCUT2D eigenvalue weighted by atomic mass is 32.2. The number of carbonyl (C=O) groups excluding carboxylic acids is 1. The summed E-state index contributed by atoms with van der Waals surface area (Å²) in [6.45, 7) is 5.27. The molecule has 2 aromatic heterocycles. The summed E-state index contributed by atoms with van der Waals surface area (Å²) in [7, 11) is 0. The van der Waals surface area contributed by atoms with Gasteiger partial charge in [-0.3, -0.25) is 4.79 Å². The summed E-state index contributed by atoms with van der Waals surface area (Å²) in [5.41, 5.74) is 3.16. The number of amides is 1. The molecular weight excluding hydrogens is 489 g/mol. The number of aromatic nitrogens is 2. The van der Waals surface area contributed by atoms with Crippen molar-refractivity contribution in [3.63, 3.8) is 0 Å². The smallest absolute Gasteiger partial charge is 0.251 e. The van der Waals surface area contributed by atoms with E-state index < -0.39 is 0 Å². The maximum absolute atomic E-state index is 14.2. The number of para-hydroxylation sites is 1. The molecule has 190 valence electrons.